The summed E-state index contributed by atoms with van der Waals surface area (Å²) in [5.74, 6) is 1.28. The molecule has 0 aromatic heterocycles. The standard InChI is InChI=1S/C20H25N3O3/c1-15-5-4-6-16(13-15)22-9-11-23(12-10-22)20(24)21-18-14-17(25-2)7-8-19(18)26-3/h4-8,13-14H,9-12H2,1-3H3,(H,21,24). The summed E-state index contributed by atoms with van der Waals surface area (Å²) in [7, 11) is 3.18. The second kappa shape index (κ2) is 7.99. The van der Waals surface area contributed by atoms with Crippen LogP contribution in [0.5, 0.6) is 11.5 Å². The first-order valence-electron chi connectivity index (χ1n) is 8.70. The van der Waals surface area contributed by atoms with Gasteiger partial charge in [-0.25, -0.2) is 4.79 Å². The van der Waals surface area contributed by atoms with Gasteiger partial charge in [0.1, 0.15) is 11.5 Å². The van der Waals surface area contributed by atoms with Gasteiger partial charge in [-0.05, 0) is 36.8 Å². The molecule has 1 aliphatic heterocycles. The largest absolute Gasteiger partial charge is 0.497 e. The summed E-state index contributed by atoms with van der Waals surface area (Å²) in [5.41, 5.74) is 3.06. The van der Waals surface area contributed by atoms with Crippen LogP contribution in [-0.2, 0) is 0 Å². The third kappa shape index (κ3) is 4.02. The summed E-state index contributed by atoms with van der Waals surface area (Å²) >= 11 is 0. The Bertz CT molecular complexity index is 771. The highest BCUT2D eigenvalue weighted by atomic mass is 16.5. The normalized spacial score (nSPS) is 14.1. The second-order valence-corrected chi connectivity index (χ2v) is 6.31. The Kier molecular flexibility index (Phi) is 5.51. The van der Waals surface area contributed by atoms with Crippen molar-refractivity contribution >= 4 is 17.4 Å². The van der Waals surface area contributed by atoms with Crippen LogP contribution in [0, 0.1) is 6.92 Å². The van der Waals surface area contributed by atoms with E-state index in [-0.39, 0.29) is 6.03 Å². The zero-order valence-electron chi connectivity index (χ0n) is 15.5. The number of amides is 2. The molecule has 1 heterocycles. The van der Waals surface area contributed by atoms with Crippen LogP contribution in [0.1, 0.15) is 5.56 Å². The summed E-state index contributed by atoms with van der Waals surface area (Å²) < 4.78 is 10.5. The van der Waals surface area contributed by atoms with Gasteiger partial charge in [-0.2, -0.15) is 0 Å². The van der Waals surface area contributed by atoms with Crippen LogP contribution in [0.25, 0.3) is 0 Å². The molecule has 6 heteroatoms. The fraction of sp³-hybridized carbons (Fsp3) is 0.350. The van der Waals surface area contributed by atoms with Crippen molar-refractivity contribution in [1.82, 2.24) is 4.90 Å². The number of aryl methyl sites for hydroxylation is 1. The van der Waals surface area contributed by atoms with Crippen molar-refractivity contribution in [3.05, 3.63) is 48.0 Å². The zero-order valence-corrected chi connectivity index (χ0v) is 15.5. The molecule has 1 saturated heterocycles. The summed E-state index contributed by atoms with van der Waals surface area (Å²) in [6.45, 7) is 5.06. The van der Waals surface area contributed by atoms with Gasteiger partial charge < -0.3 is 24.6 Å². The molecule has 26 heavy (non-hydrogen) atoms. The van der Waals surface area contributed by atoms with E-state index in [0.29, 0.717) is 30.3 Å². The van der Waals surface area contributed by atoms with Crippen molar-refractivity contribution < 1.29 is 14.3 Å². The molecule has 2 amide bonds. The lowest BCUT2D eigenvalue weighted by atomic mass is 10.2. The molecule has 0 unspecified atom stereocenters. The Morgan fingerprint density at radius 2 is 1.77 bits per heavy atom. The van der Waals surface area contributed by atoms with Crippen LogP contribution >= 0.6 is 0 Å². The van der Waals surface area contributed by atoms with E-state index >= 15 is 0 Å². The smallest absolute Gasteiger partial charge is 0.322 e. The highest BCUT2D eigenvalue weighted by Gasteiger charge is 2.22. The van der Waals surface area contributed by atoms with Crippen molar-refractivity contribution in [2.45, 2.75) is 6.92 Å². The predicted molar refractivity (Wildman–Crippen MR) is 104 cm³/mol. The molecule has 0 atom stereocenters. The van der Waals surface area contributed by atoms with Crippen LogP contribution in [0.2, 0.25) is 0 Å². The number of benzene rings is 2. The van der Waals surface area contributed by atoms with Crippen LogP contribution in [-0.4, -0.2) is 51.3 Å². The molecule has 138 valence electrons. The Morgan fingerprint density at radius 1 is 1.00 bits per heavy atom. The number of ether oxygens (including phenoxy) is 2. The maximum absolute atomic E-state index is 12.6. The fourth-order valence-electron chi connectivity index (χ4n) is 3.10. The first-order chi connectivity index (χ1) is 12.6. The topological polar surface area (TPSA) is 54.0 Å². The highest BCUT2D eigenvalue weighted by molar-refractivity contribution is 5.91. The number of rotatable bonds is 4. The molecule has 0 spiro atoms. The van der Waals surface area contributed by atoms with Crippen LogP contribution in [0.3, 0.4) is 0 Å². The molecule has 2 aromatic rings. The Labute approximate surface area is 154 Å². The predicted octanol–water partition coefficient (Wildman–Crippen LogP) is 3.37. The van der Waals surface area contributed by atoms with Crippen molar-refractivity contribution in [1.29, 1.82) is 0 Å². The minimum atomic E-state index is -0.125. The second-order valence-electron chi connectivity index (χ2n) is 6.31. The van der Waals surface area contributed by atoms with E-state index in [1.165, 1.54) is 11.3 Å². The lowest BCUT2D eigenvalue weighted by molar-refractivity contribution is 0.208. The maximum Gasteiger partial charge on any atom is 0.322 e. The molecule has 0 bridgehead atoms. The van der Waals surface area contributed by atoms with Gasteiger partial charge in [0.25, 0.3) is 0 Å². The van der Waals surface area contributed by atoms with Gasteiger partial charge in [0.2, 0.25) is 0 Å². The van der Waals surface area contributed by atoms with Crippen molar-refractivity contribution in [2.24, 2.45) is 0 Å². The van der Waals surface area contributed by atoms with E-state index in [9.17, 15) is 4.79 Å². The van der Waals surface area contributed by atoms with Crippen LogP contribution in [0.4, 0.5) is 16.2 Å². The molecular weight excluding hydrogens is 330 g/mol. The third-order valence-corrected chi connectivity index (χ3v) is 4.58. The molecule has 0 aliphatic carbocycles. The number of hydrogen-bond acceptors (Lipinski definition) is 4. The Morgan fingerprint density at radius 3 is 2.42 bits per heavy atom. The number of carbonyl (C=O) groups excluding carboxylic acids is 1. The quantitative estimate of drug-likeness (QED) is 0.914. The van der Waals surface area contributed by atoms with Gasteiger partial charge >= 0.3 is 6.03 Å². The SMILES string of the molecule is COc1ccc(OC)c(NC(=O)N2CCN(c3cccc(C)c3)CC2)c1. The van der Waals surface area contributed by atoms with Gasteiger partial charge in [0, 0.05) is 37.9 Å². The fourth-order valence-corrected chi connectivity index (χ4v) is 3.10. The van der Waals surface area contributed by atoms with E-state index in [1.807, 2.05) is 4.90 Å². The molecule has 0 radical (unpaired) electrons. The van der Waals surface area contributed by atoms with E-state index in [4.69, 9.17) is 9.47 Å². The molecule has 1 aliphatic rings. The number of nitrogens with one attached hydrogen (secondary N) is 1. The Hall–Kier alpha value is -2.89. The molecule has 1 fully saturated rings. The number of carbonyl (C=O) groups is 1. The first kappa shape index (κ1) is 17.9. The summed E-state index contributed by atoms with van der Waals surface area (Å²) in [4.78, 5) is 16.8. The van der Waals surface area contributed by atoms with E-state index < -0.39 is 0 Å². The summed E-state index contributed by atoms with van der Waals surface area (Å²) in [5, 5.41) is 2.93. The lowest BCUT2D eigenvalue weighted by Crippen LogP contribution is -2.50. The van der Waals surface area contributed by atoms with Gasteiger partial charge in [0.15, 0.2) is 0 Å². The Balaban J connectivity index is 1.62. The third-order valence-electron chi connectivity index (χ3n) is 4.58. The number of urea groups is 1. The van der Waals surface area contributed by atoms with Crippen LogP contribution in [0.15, 0.2) is 42.5 Å². The molecule has 1 N–H and O–H groups in total. The molecule has 3 rings (SSSR count). The zero-order chi connectivity index (χ0) is 18.5. The van der Waals surface area contributed by atoms with Crippen LogP contribution < -0.4 is 19.7 Å². The van der Waals surface area contributed by atoms with Gasteiger partial charge in [-0.1, -0.05) is 12.1 Å². The van der Waals surface area contributed by atoms with Crippen molar-refractivity contribution in [3.63, 3.8) is 0 Å². The molecule has 2 aromatic carbocycles. The number of piperazine rings is 1. The minimum absolute atomic E-state index is 0.125. The van der Waals surface area contributed by atoms with Gasteiger partial charge in [-0.3, -0.25) is 0 Å². The molecule has 0 saturated carbocycles. The number of nitrogens with zero attached hydrogens (tertiary/aromatic N) is 2. The average molecular weight is 355 g/mol. The van der Waals surface area contributed by atoms with E-state index in [0.717, 1.165) is 13.1 Å². The van der Waals surface area contributed by atoms with E-state index in [1.54, 1.807) is 32.4 Å². The number of hydrogen-bond donors (Lipinski definition) is 1. The van der Waals surface area contributed by atoms with E-state index in [2.05, 4.69) is 41.4 Å². The summed E-state index contributed by atoms with van der Waals surface area (Å²) in [6, 6.07) is 13.7. The van der Waals surface area contributed by atoms with Gasteiger partial charge in [-0.15, -0.1) is 0 Å². The van der Waals surface area contributed by atoms with Gasteiger partial charge in [0.05, 0.1) is 19.9 Å². The highest BCUT2D eigenvalue weighted by Crippen LogP contribution is 2.29. The average Bonchev–Trinajstić information content (AvgIpc) is 2.68. The summed E-state index contributed by atoms with van der Waals surface area (Å²) in [6.07, 6.45) is 0. The first-order valence-corrected chi connectivity index (χ1v) is 8.70. The van der Waals surface area contributed by atoms with Crippen molar-refractivity contribution in [3.8, 4) is 11.5 Å². The lowest BCUT2D eigenvalue weighted by Gasteiger charge is -2.36. The molecule has 6 nitrogen and oxygen atoms in total. The number of methoxy groups -OCH3 is 2. The monoisotopic (exact) mass is 355 g/mol. The number of anilines is 2. The molecular formula is C20H25N3O3. The van der Waals surface area contributed by atoms with Crippen molar-refractivity contribution in [2.75, 3.05) is 50.6 Å². The maximum atomic E-state index is 12.6. The minimum Gasteiger partial charge on any atom is -0.497 e.